The lowest BCUT2D eigenvalue weighted by molar-refractivity contribution is -0.160. The summed E-state index contributed by atoms with van der Waals surface area (Å²) in [6.07, 6.45) is 0.644. The van der Waals surface area contributed by atoms with Gasteiger partial charge in [-0.15, -0.1) is 0 Å². The third kappa shape index (κ3) is 4.08. The topological polar surface area (TPSA) is 78.9 Å². The number of carbonyl (C=O) groups is 3. The Balaban J connectivity index is 2.61. The first-order valence-corrected chi connectivity index (χ1v) is 6.17. The molecule has 1 saturated heterocycles. The van der Waals surface area contributed by atoms with Gasteiger partial charge >= 0.3 is 17.9 Å². The van der Waals surface area contributed by atoms with Crippen LogP contribution in [0.15, 0.2) is 12.2 Å². The van der Waals surface area contributed by atoms with E-state index in [4.69, 9.17) is 14.2 Å². The Bertz CT molecular complexity index is 387. The van der Waals surface area contributed by atoms with E-state index < -0.39 is 29.9 Å². The minimum Gasteiger partial charge on any atom is -0.465 e. The van der Waals surface area contributed by atoms with Crippen LogP contribution < -0.4 is 0 Å². The number of ether oxygens (including phenoxy) is 3. The Labute approximate surface area is 111 Å². The maximum Gasteiger partial charge on any atom is 0.333 e. The summed E-state index contributed by atoms with van der Waals surface area (Å²) in [5, 5.41) is 0. The predicted molar refractivity (Wildman–Crippen MR) is 65.0 cm³/mol. The molecule has 2 unspecified atom stereocenters. The molecule has 0 spiro atoms. The van der Waals surface area contributed by atoms with Crippen molar-refractivity contribution in [2.75, 3.05) is 13.2 Å². The van der Waals surface area contributed by atoms with Crippen LogP contribution in [0.5, 0.6) is 0 Å². The van der Waals surface area contributed by atoms with Crippen LogP contribution in [0.1, 0.15) is 26.7 Å². The summed E-state index contributed by atoms with van der Waals surface area (Å²) < 4.78 is 14.7. The van der Waals surface area contributed by atoms with Crippen molar-refractivity contribution in [1.82, 2.24) is 0 Å². The Hall–Kier alpha value is -1.85. The van der Waals surface area contributed by atoms with Crippen LogP contribution in [0, 0.1) is 5.92 Å². The molecule has 1 heterocycles. The summed E-state index contributed by atoms with van der Waals surface area (Å²) in [4.78, 5) is 34.6. The van der Waals surface area contributed by atoms with E-state index >= 15 is 0 Å². The Morgan fingerprint density at radius 3 is 2.74 bits per heavy atom. The van der Waals surface area contributed by atoms with Crippen molar-refractivity contribution in [3.8, 4) is 0 Å². The molecule has 6 nitrogen and oxygen atoms in total. The third-order valence-electron chi connectivity index (χ3n) is 2.62. The SMILES string of the molecule is C=C(C)C(=O)OC1COC(=O)C1C(=O)OCCCC. The molecule has 19 heavy (non-hydrogen) atoms. The van der Waals surface area contributed by atoms with Crippen LogP contribution in [0.3, 0.4) is 0 Å². The first kappa shape index (κ1) is 15.2. The first-order valence-electron chi connectivity index (χ1n) is 6.17. The highest BCUT2D eigenvalue weighted by molar-refractivity contribution is 5.97. The normalized spacial score (nSPS) is 21.7. The van der Waals surface area contributed by atoms with E-state index in [2.05, 4.69) is 6.58 Å². The Kier molecular flexibility index (Phi) is 5.54. The van der Waals surface area contributed by atoms with Crippen LogP contribution in [0.25, 0.3) is 0 Å². The van der Waals surface area contributed by atoms with Gasteiger partial charge in [0.25, 0.3) is 0 Å². The zero-order chi connectivity index (χ0) is 14.4. The molecule has 0 aromatic carbocycles. The molecule has 1 fully saturated rings. The van der Waals surface area contributed by atoms with Gasteiger partial charge in [0.05, 0.1) is 6.61 Å². The molecule has 106 valence electrons. The summed E-state index contributed by atoms with van der Waals surface area (Å²) in [5.41, 5.74) is 0.192. The second-order valence-corrected chi connectivity index (χ2v) is 4.35. The molecule has 0 radical (unpaired) electrons. The molecule has 0 N–H and O–H groups in total. The van der Waals surface area contributed by atoms with Gasteiger partial charge in [-0.05, 0) is 13.3 Å². The van der Waals surface area contributed by atoms with Gasteiger partial charge in [-0.1, -0.05) is 19.9 Å². The number of unbranched alkanes of at least 4 members (excludes halogenated alkanes) is 1. The van der Waals surface area contributed by atoms with Crippen molar-refractivity contribution in [3.63, 3.8) is 0 Å². The molecule has 6 heteroatoms. The van der Waals surface area contributed by atoms with E-state index in [0.29, 0.717) is 6.42 Å². The van der Waals surface area contributed by atoms with Gasteiger partial charge in [-0.25, -0.2) is 4.79 Å². The van der Waals surface area contributed by atoms with Crippen LogP contribution in [0.2, 0.25) is 0 Å². The lowest BCUT2D eigenvalue weighted by Gasteiger charge is -2.15. The van der Waals surface area contributed by atoms with Crippen molar-refractivity contribution >= 4 is 17.9 Å². The minimum absolute atomic E-state index is 0.134. The first-order chi connectivity index (χ1) is 8.97. The van der Waals surface area contributed by atoms with Gasteiger partial charge in [-0.3, -0.25) is 9.59 Å². The molecule has 1 aliphatic heterocycles. The average molecular weight is 270 g/mol. The fourth-order valence-electron chi connectivity index (χ4n) is 1.50. The average Bonchev–Trinajstić information content (AvgIpc) is 2.70. The number of rotatable bonds is 6. The quantitative estimate of drug-likeness (QED) is 0.235. The standard InChI is InChI=1S/C13H18O6/c1-4-5-6-17-12(15)10-9(7-18-13(10)16)19-11(14)8(2)3/h9-10H,2,4-7H2,1,3H3. The number of cyclic esters (lactones) is 1. The van der Waals surface area contributed by atoms with Crippen LogP contribution in [-0.4, -0.2) is 37.2 Å². The summed E-state index contributed by atoms with van der Waals surface area (Å²) in [7, 11) is 0. The maximum atomic E-state index is 11.8. The molecule has 0 aromatic rings. The van der Waals surface area contributed by atoms with Gasteiger partial charge in [0.15, 0.2) is 12.0 Å². The van der Waals surface area contributed by atoms with Crippen molar-refractivity contribution in [2.45, 2.75) is 32.8 Å². The molecule has 0 bridgehead atoms. The zero-order valence-corrected chi connectivity index (χ0v) is 11.1. The molecule has 0 saturated carbocycles. The predicted octanol–water partition coefficient (Wildman–Crippen LogP) is 0.991. The fourth-order valence-corrected chi connectivity index (χ4v) is 1.50. The van der Waals surface area contributed by atoms with E-state index in [1.165, 1.54) is 6.92 Å². The summed E-state index contributed by atoms with van der Waals surface area (Å²) >= 11 is 0. The highest BCUT2D eigenvalue weighted by Crippen LogP contribution is 2.21. The zero-order valence-electron chi connectivity index (χ0n) is 11.1. The van der Waals surface area contributed by atoms with Gasteiger partial charge in [-0.2, -0.15) is 0 Å². The molecule has 2 atom stereocenters. The fraction of sp³-hybridized carbons (Fsp3) is 0.615. The molecule has 0 aromatic heterocycles. The molecule has 1 rings (SSSR count). The summed E-state index contributed by atoms with van der Waals surface area (Å²) in [6, 6.07) is 0. The molecule has 0 aliphatic carbocycles. The largest absolute Gasteiger partial charge is 0.465 e. The van der Waals surface area contributed by atoms with Gasteiger partial charge in [0.2, 0.25) is 0 Å². The minimum atomic E-state index is -1.19. The lowest BCUT2D eigenvalue weighted by Crippen LogP contribution is -2.34. The number of hydrogen-bond donors (Lipinski definition) is 0. The van der Waals surface area contributed by atoms with Crippen molar-refractivity contribution in [2.24, 2.45) is 5.92 Å². The van der Waals surface area contributed by atoms with Crippen LogP contribution in [0.4, 0.5) is 0 Å². The van der Waals surface area contributed by atoms with E-state index in [1.54, 1.807) is 0 Å². The van der Waals surface area contributed by atoms with Crippen LogP contribution in [-0.2, 0) is 28.6 Å². The van der Waals surface area contributed by atoms with Crippen molar-refractivity contribution in [3.05, 3.63) is 12.2 Å². The van der Waals surface area contributed by atoms with Crippen molar-refractivity contribution in [1.29, 1.82) is 0 Å². The summed E-state index contributed by atoms with van der Waals surface area (Å²) in [5.74, 6) is -3.29. The van der Waals surface area contributed by atoms with Gasteiger partial charge in [0.1, 0.15) is 6.61 Å². The van der Waals surface area contributed by atoms with E-state index in [0.717, 1.165) is 6.42 Å². The molecule has 1 aliphatic rings. The highest BCUT2D eigenvalue weighted by atomic mass is 16.6. The molecule has 0 amide bonds. The highest BCUT2D eigenvalue weighted by Gasteiger charge is 2.46. The second-order valence-electron chi connectivity index (χ2n) is 4.35. The van der Waals surface area contributed by atoms with Crippen LogP contribution >= 0.6 is 0 Å². The van der Waals surface area contributed by atoms with E-state index in [1.807, 2.05) is 6.92 Å². The van der Waals surface area contributed by atoms with Crippen molar-refractivity contribution < 1.29 is 28.6 Å². The Morgan fingerprint density at radius 2 is 2.16 bits per heavy atom. The maximum absolute atomic E-state index is 11.8. The monoisotopic (exact) mass is 270 g/mol. The third-order valence-corrected chi connectivity index (χ3v) is 2.62. The number of esters is 3. The molecular formula is C13H18O6. The van der Waals surface area contributed by atoms with Gasteiger partial charge in [0, 0.05) is 5.57 Å². The Morgan fingerprint density at radius 1 is 1.47 bits per heavy atom. The smallest absolute Gasteiger partial charge is 0.333 e. The number of carbonyl (C=O) groups excluding carboxylic acids is 3. The second kappa shape index (κ2) is 6.92. The van der Waals surface area contributed by atoms with E-state index in [-0.39, 0.29) is 18.8 Å². The number of hydrogen-bond acceptors (Lipinski definition) is 6. The van der Waals surface area contributed by atoms with E-state index in [9.17, 15) is 14.4 Å². The van der Waals surface area contributed by atoms with Gasteiger partial charge < -0.3 is 14.2 Å². The summed E-state index contributed by atoms with van der Waals surface area (Å²) in [6.45, 7) is 6.97. The molecular weight excluding hydrogens is 252 g/mol. The lowest BCUT2D eigenvalue weighted by atomic mass is 10.1.